The highest BCUT2D eigenvalue weighted by atomic mass is 32.1. The average Bonchev–Trinajstić information content (AvgIpc) is 4.09. The number of thiophene rings is 1. The Morgan fingerprint density at radius 1 is 0.324 bits per heavy atom. The van der Waals surface area contributed by atoms with Crippen molar-refractivity contribution in [1.82, 2.24) is 24.1 Å². The molecule has 0 fully saturated rings. The first-order valence-corrected chi connectivity index (χ1v) is 24.9. The highest BCUT2D eigenvalue weighted by Crippen LogP contribution is 2.42. The molecule has 14 rings (SSSR count). The highest BCUT2D eigenvalue weighted by molar-refractivity contribution is 7.26. The van der Waals surface area contributed by atoms with Crippen LogP contribution in [0, 0.1) is 13.8 Å². The lowest BCUT2D eigenvalue weighted by Gasteiger charge is -2.16. The Bertz CT molecular complexity index is 4430. The summed E-state index contributed by atoms with van der Waals surface area (Å²) in [6.07, 6.45) is 0. The van der Waals surface area contributed by atoms with Crippen molar-refractivity contribution in [2.75, 3.05) is 0 Å². The van der Waals surface area contributed by atoms with Gasteiger partial charge in [-0.25, -0.2) is 15.0 Å². The van der Waals surface area contributed by atoms with Gasteiger partial charge in [0.25, 0.3) is 0 Å². The Morgan fingerprint density at radius 2 is 0.845 bits per heavy atom. The molecule has 71 heavy (non-hydrogen) atoms. The van der Waals surface area contributed by atoms with Crippen molar-refractivity contribution >= 4 is 75.1 Å². The number of benzene rings is 10. The van der Waals surface area contributed by atoms with Gasteiger partial charge in [0.1, 0.15) is 0 Å². The molecular weight excluding hydrogens is 883 g/mol. The molecule has 0 radical (unpaired) electrons. The third kappa shape index (κ3) is 6.63. The molecule has 0 aliphatic heterocycles. The Balaban J connectivity index is 0.885. The van der Waals surface area contributed by atoms with Crippen molar-refractivity contribution in [1.29, 1.82) is 0 Å². The van der Waals surface area contributed by atoms with Gasteiger partial charge in [-0.2, -0.15) is 0 Å². The number of rotatable bonds is 7. The van der Waals surface area contributed by atoms with Gasteiger partial charge in [-0.3, -0.25) is 0 Å². The van der Waals surface area contributed by atoms with Crippen molar-refractivity contribution < 1.29 is 0 Å². The van der Waals surface area contributed by atoms with Gasteiger partial charge in [-0.15, -0.1) is 11.3 Å². The minimum Gasteiger partial charge on any atom is -0.309 e. The maximum absolute atomic E-state index is 5.31. The maximum Gasteiger partial charge on any atom is 0.165 e. The molecule has 0 spiro atoms. The molecule has 0 unspecified atom stereocenters. The van der Waals surface area contributed by atoms with Crippen LogP contribution in [-0.4, -0.2) is 24.1 Å². The summed E-state index contributed by atoms with van der Waals surface area (Å²) in [4.78, 5) is 15.7. The van der Waals surface area contributed by atoms with Gasteiger partial charge >= 0.3 is 0 Å². The summed E-state index contributed by atoms with van der Waals surface area (Å²) in [5.41, 5.74) is 16.9. The SMILES string of the molecule is Cc1ccc(-n2c3ccccc3c3cc(-c4ccc5c(c4)c4ccccc4n5-c4ccccc4)ccc32)cc1-c1cccc(-c2nc(-c3ccccc3)nc(-c3cccc4c3sc3ccccc34)n2)c1C. The zero-order chi connectivity index (χ0) is 47.2. The van der Waals surface area contributed by atoms with Crippen LogP contribution in [0.4, 0.5) is 0 Å². The number of nitrogens with zero attached hydrogens (tertiary/aromatic N) is 5. The Labute approximate surface area is 414 Å². The van der Waals surface area contributed by atoms with E-state index >= 15 is 0 Å². The van der Waals surface area contributed by atoms with E-state index in [1.54, 1.807) is 11.3 Å². The molecule has 0 bridgehead atoms. The van der Waals surface area contributed by atoms with E-state index < -0.39 is 0 Å². The zero-order valence-electron chi connectivity index (χ0n) is 39.0. The van der Waals surface area contributed by atoms with Crippen LogP contribution >= 0.6 is 11.3 Å². The molecule has 0 saturated carbocycles. The third-order valence-corrected chi connectivity index (χ3v) is 15.6. The molecule has 10 aromatic carbocycles. The minimum absolute atomic E-state index is 0.650. The smallest absolute Gasteiger partial charge is 0.165 e. The van der Waals surface area contributed by atoms with Crippen LogP contribution in [0.2, 0.25) is 0 Å². The first-order chi connectivity index (χ1) is 35.0. The monoisotopic (exact) mass is 925 g/mol. The molecule has 0 aliphatic rings. The molecule has 334 valence electrons. The van der Waals surface area contributed by atoms with E-state index in [4.69, 9.17) is 15.0 Å². The zero-order valence-corrected chi connectivity index (χ0v) is 39.8. The van der Waals surface area contributed by atoms with E-state index in [9.17, 15) is 0 Å². The molecule has 14 aromatic rings. The molecule has 4 aromatic heterocycles. The van der Waals surface area contributed by atoms with Crippen LogP contribution in [0.25, 0.3) is 132 Å². The second-order valence-electron chi connectivity index (χ2n) is 18.4. The molecule has 0 aliphatic carbocycles. The van der Waals surface area contributed by atoms with Crippen LogP contribution in [0.15, 0.2) is 224 Å². The second-order valence-corrected chi connectivity index (χ2v) is 19.5. The summed E-state index contributed by atoms with van der Waals surface area (Å²) < 4.78 is 7.22. The van der Waals surface area contributed by atoms with Gasteiger partial charge in [-0.05, 0) is 120 Å². The molecule has 0 amide bonds. The van der Waals surface area contributed by atoms with E-state index in [1.807, 2.05) is 18.2 Å². The van der Waals surface area contributed by atoms with Gasteiger partial charge in [0.05, 0.1) is 22.1 Å². The van der Waals surface area contributed by atoms with Crippen molar-refractivity contribution in [3.8, 4) is 67.8 Å². The van der Waals surface area contributed by atoms with Gasteiger partial charge in [0, 0.05) is 69.8 Å². The highest BCUT2D eigenvalue weighted by Gasteiger charge is 2.21. The lowest BCUT2D eigenvalue weighted by molar-refractivity contribution is 1.07. The normalized spacial score (nSPS) is 11.8. The predicted octanol–water partition coefficient (Wildman–Crippen LogP) is 17.4. The molecule has 5 nitrogen and oxygen atoms in total. The van der Waals surface area contributed by atoms with Gasteiger partial charge in [-0.1, -0.05) is 152 Å². The summed E-state index contributed by atoms with van der Waals surface area (Å²) >= 11 is 1.79. The number of aryl methyl sites for hydroxylation is 1. The Hall–Kier alpha value is -8.97. The van der Waals surface area contributed by atoms with Crippen LogP contribution in [0.5, 0.6) is 0 Å². The number of hydrogen-bond donors (Lipinski definition) is 0. The summed E-state index contributed by atoms with van der Waals surface area (Å²) in [6.45, 7) is 4.41. The van der Waals surface area contributed by atoms with E-state index in [2.05, 4.69) is 229 Å². The van der Waals surface area contributed by atoms with Gasteiger partial charge < -0.3 is 9.13 Å². The summed E-state index contributed by atoms with van der Waals surface area (Å²) in [6, 6.07) is 80.8. The molecule has 6 heteroatoms. The van der Waals surface area contributed by atoms with Crippen LogP contribution in [0.3, 0.4) is 0 Å². The van der Waals surface area contributed by atoms with Gasteiger partial charge in [0.15, 0.2) is 17.5 Å². The van der Waals surface area contributed by atoms with E-state index in [0.717, 1.165) is 44.7 Å². The number of fused-ring (bicyclic) bond motifs is 9. The summed E-state index contributed by atoms with van der Waals surface area (Å²) in [7, 11) is 0. The van der Waals surface area contributed by atoms with Crippen molar-refractivity contribution in [3.63, 3.8) is 0 Å². The van der Waals surface area contributed by atoms with E-state index in [0.29, 0.717) is 17.5 Å². The molecular formula is C65H43N5S. The van der Waals surface area contributed by atoms with Crippen LogP contribution in [0.1, 0.15) is 11.1 Å². The van der Waals surface area contributed by atoms with E-state index in [1.165, 1.54) is 80.5 Å². The second kappa shape index (κ2) is 16.3. The molecule has 0 atom stereocenters. The maximum atomic E-state index is 5.31. The Morgan fingerprint density at radius 3 is 1.55 bits per heavy atom. The fourth-order valence-electron chi connectivity index (χ4n) is 10.9. The Kier molecular flexibility index (Phi) is 9.44. The van der Waals surface area contributed by atoms with Crippen LogP contribution < -0.4 is 0 Å². The van der Waals surface area contributed by atoms with E-state index in [-0.39, 0.29) is 0 Å². The third-order valence-electron chi connectivity index (χ3n) is 14.3. The molecule has 0 N–H and O–H groups in total. The molecule has 0 saturated heterocycles. The lowest BCUT2D eigenvalue weighted by Crippen LogP contribution is -2.02. The largest absolute Gasteiger partial charge is 0.309 e. The summed E-state index contributed by atoms with van der Waals surface area (Å²) in [5.74, 6) is 1.97. The summed E-state index contributed by atoms with van der Waals surface area (Å²) in [5, 5.41) is 7.39. The fraction of sp³-hybridized carbons (Fsp3) is 0.0308. The minimum atomic E-state index is 0.650. The van der Waals surface area contributed by atoms with Crippen molar-refractivity contribution in [2.24, 2.45) is 0 Å². The van der Waals surface area contributed by atoms with Gasteiger partial charge in [0.2, 0.25) is 0 Å². The standard InChI is InChI=1S/C65H43N5S/c1-40-31-34-46(70-58-29-13-10-22-50(58)56-38-44(33-36-60(56)70)43-32-35-59-55(37-43)49-21-9-12-28-57(49)69(59)45-19-7-4-8-20-45)39-54(40)47-24-15-25-48(41(47)2)64-66-63(42-17-5-3-6-18-42)67-65(68-64)53-27-16-26-52-51-23-11-14-30-61(51)71-62(52)53/h3-39H,1-2H3. The molecule has 4 heterocycles. The number of para-hydroxylation sites is 3. The first-order valence-electron chi connectivity index (χ1n) is 24.1. The van der Waals surface area contributed by atoms with Crippen molar-refractivity contribution in [3.05, 3.63) is 236 Å². The van der Waals surface area contributed by atoms with Crippen LogP contribution in [-0.2, 0) is 0 Å². The topological polar surface area (TPSA) is 48.5 Å². The average molecular weight is 926 g/mol. The van der Waals surface area contributed by atoms with Crippen molar-refractivity contribution in [2.45, 2.75) is 13.8 Å². The quantitative estimate of drug-likeness (QED) is 0.160. The fourth-order valence-corrected chi connectivity index (χ4v) is 12.1. The predicted molar refractivity (Wildman–Crippen MR) is 298 cm³/mol. The number of aromatic nitrogens is 5. The first kappa shape index (κ1) is 41.0. The lowest BCUT2D eigenvalue weighted by atomic mass is 9.93. The number of hydrogen-bond acceptors (Lipinski definition) is 4.